The van der Waals surface area contributed by atoms with E-state index in [-0.39, 0.29) is 5.41 Å². The van der Waals surface area contributed by atoms with Gasteiger partial charge in [0.1, 0.15) is 11.3 Å². The molecule has 1 aromatic carbocycles. The third-order valence-electron chi connectivity index (χ3n) is 4.62. The number of primary amides is 1. The van der Waals surface area contributed by atoms with Gasteiger partial charge in [-0.25, -0.2) is 4.98 Å². The van der Waals surface area contributed by atoms with Crippen molar-refractivity contribution in [2.45, 2.75) is 30.7 Å². The van der Waals surface area contributed by atoms with Crippen LogP contribution in [0.4, 0.5) is 0 Å². The average molecular weight is 256 g/mol. The van der Waals surface area contributed by atoms with Gasteiger partial charge in [0.15, 0.2) is 0 Å². The number of benzene rings is 1. The number of H-pyrrole nitrogens is 1. The number of hydrogen-bond donors (Lipinski definition) is 3. The Morgan fingerprint density at radius 2 is 2.37 bits per heavy atom. The van der Waals surface area contributed by atoms with Crippen molar-refractivity contribution in [3.63, 3.8) is 0 Å². The number of fused-ring (bicyclic) bond motifs is 3. The number of rotatable bonds is 2. The minimum absolute atomic E-state index is 0.124. The predicted molar refractivity (Wildman–Crippen MR) is 71.9 cm³/mol. The Bertz CT molecular complexity index is 667. The van der Waals surface area contributed by atoms with Crippen molar-refractivity contribution in [1.82, 2.24) is 15.3 Å². The normalized spacial score (nSPS) is 29.2. The molecule has 4 rings (SSSR count). The number of imidazole rings is 1. The fourth-order valence-electron chi connectivity index (χ4n) is 3.58. The van der Waals surface area contributed by atoms with Crippen LogP contribution in [0.15, 0.2) is 18.2 Å². The Kier molecular flexibility index (Phi) is 2.07. The Hall–Kier alpha value is -1.88. The SMILES string of the molecule is NC(=O)c1cccc2[nH]c(C34CCC(C3)NC4)nc12. The van der Waals surface area contributed by atoms with Crippen molar-refractivity contribution in [3.8, 4) is 0 Å². The van der Waals surface area contributed by atoms with Crippen LogP contribution in [0.25, 0.3) is 11.0 Å². The molecule has 2 bridgehead atoms. The Morgan fingerprint density at radius 3 is 3.00 bits per heavy atom. The van der Waals surface area contributed by atoms with E-state index in [9.17, 15) is 4.79 Å². The number of nitrogens with zero attached hydrogens (tertiary/aromatic N) is 1. The maximum Gasteiger partial charge on any atom is 0.250 e. The highest BCUT2D eigenvalue weighted by atomic mass is 16.1. The Labute approximate surface area is 110 Å². The molecule has 2 atom stereocenters. The van der Waals surface area contributed by atoms with Crippen molar-refractivity contribution in [3.05, 3.63) is 29.6 Å². The van der Waals surface area contributed by atoms with Crippen LogP contribution in [0.2, 0.25) is 0 Å². The molecule has 2 aromatic rings. The molecule has 1 aliphatic carbocycles. The summed E-state index contributed by atoms with van der Waals surface area (Å²) in [6, 6.07) is 6.15. The molecule has 1 aliphatic heterocycles. The van der Waals surface area contributed by atoms with Crippen molar-refractivity contribution in [2.75, 3.05) is 6.54 Å². The van der Waals surface area contributed by atoms with Gasteiger partial charge in [0.05, 0.1) is 11.1 Å². The molecule has 0 spiro atoms. The predicted octanol–water partition coefficient (Wildman–Crippen LogP) is 1.06. The van der Waals surface area contributed by atoms with Gasteiger partial charge in [0.2, 0.25) is 0 Å². The summed E-state index contributed by atoms with van der Waals surface area (Å²) in [5, 5.41) is 3.53. The van der Waals surface area contributed by atoms with Crippen LogP contribution in [0.5, 0.6) is 0 Å². The number of aromatic nitrogens is 2. The molecule has 5 heteroatoms. The summed E-state index contributed by atoms with van der Waals surface area (Å²) in [6.45, 7) is 0.976. The van der Waals surface area contributed by atoms with Gasteiger partial charge in [-0.2, -0.15) is 0 Å². The van der Waals surface area contributed by atoms with Gasteiger partial charge in [-0.15, -0.1) is 0 Å². The largest absolute Gasteiger partial charge is 0.366 e. The third-order valence-corrected chi connectivity index (χ3v) is 4.62. The smallest absolute Gasteiger partial charge is 0.250 e. The molecule has 2 unspecified atom stereocenters. The molecule has 1 saturated carbocycles. The van der Waals surface area contributed by atoms with Crippen molar-refractivity contribution in [1.29, 1.82) is 0 Å². The number of hydrogen-bond acceptors (Lipinski definition) is 3. The molecule has 0 radical (unpaired) electrons. The Balaban J connectivity index is 1.89. The lowest BCUT2D eigenvalue weighted by atomic mass is 9.87. The topological polar surface area (TPSA) is 83.8 Å². The monoisotopic (exact) mass is 256 g/mol. The van der Waals surface area contributed by atoms with Crippen LogP contribution in [-0.4, -0.2) is 28.5 Å². The zero-order valence-corrected chi connectivity index (χ0v) is 10.6. The molecule has 4 N–H and O–H groups in total. The van der Waals surface area contributed by atoms with Crippen LogP contribution in [0, 0.1) is 0 Å². The molecule has 1 amide bonds. The quantitative estimate of drug-likeness (QED) is 0.751. The van der Waals surface area contributed by atoms with Gasteiger partial charge in [0, 0.05) is 18.0 Å². The summed E-state index contributed by atoms with van der Waals surface area (Å²) in [5.74, 6) is 0.582. The zero-order chi connectivity index (χ0) is 13.0. The van der Waals surface area contributed by atoms with E-state index in [2.05, 4.69) is 15.3 Å². The van der Waals surface area contributed by atoms with Gasteiger partial charge in [-0.05, 0) is 31.4 Å². The summed E-state index contributed by atoms with van der Waals surface area (Å²) in [4.78, 5) is 19.5. The van der Waals surface area contributed by atoms with Crippen molar-refractivity contribution >= 4 is 16.9 Å². The average Bonchev–Trinajstić information content (AvgIpc) is 3.11. The molecular weight excluding hydrogens is 240 g/mol. The number of para-hydroxylation sites is 1. The van der Waals surface area contributed by atoms with Gasteiger partial charge >= 0.3 is 0 Å². The van der Waals surface area contributed by atoms with Crippen LogP contribution >= 0.6 is 0 Å². The van der Waals surface area contributed by atoms with Crippen molar-refractivity contribution < 1.29 is 4.79 Å². The van der Waals surface area contributed by atoms with E-state index >= 15 is 0 Å². The van der Waals surface area contributed by atoms with Gasteiger partial charge < -0.3 is 16.0 Å². The summed E-state index contributed by atoms with van der Waals surface area (Å²) < 4.78 is 0. The lowest BCUT2D eigenvalue weighted by molar-refractivity contribution is 0.100. The summed E-state index contributed by atoms with van der Waals surface area (Å²) in [6.07, 6.45) is 3.51. The first-order valence-electron chi connectivity index (χ1n) is 6.70. The van der Waals surface area contributed by atoms with Crippen LogP contribution in [0.3, 0.4) is 0 Å². The highest BCUT2D eigenvalue weighted by Gasteiger charge is 2.47. The molecule has 1 aromatic heterocycles. The highest BCUT2D eigenvalue weighted by molar-refractivity contribution is 6.04. The molecule has 2 heterocycles. The Morgan fingerprint density at radius 1 is 1.47 bits per heavy atom. The van der Waals surface area contributed by atoms with E-state index in [1.165, 1.54) is 6.42 Å². The van der Waals surface area contributed by atoms with Gasteiger partial charge in [-0.1, -0.05) is 6.07 Å². The van der Waals surface area contributed by atoms with E-state index in [4.69, 9.17) is 5.73 Å². The van der Waals surface area contributed by atoms with Crippen LogP contribution < -0.4 is 11.1 Å². The number of piperidine rings is 1. The molecule has 1 saturated heterocycles. The summed E-state index contributed by atoms with van der Waals surface area (Å²) in [7, 11) is 0. The van der Waals surface area contributed by atoms with E-state index in [1.54, 1.807) is 6.07 Å². The zero-order valence-electron chi connectivity index (χ0n) is 10.6. The van der Waals surface area contributed by atoms with E-state index in [0.717, 1.165) is 30.7 Å². The second-order valence-electron chi connectivity index (χ2n) is 5.75. The summed E-state index contributed by atoms with van der Waals surface area (Å²) >= 11 is 0. The summed E-state index contributed by atoms with van der Waals surface area (Å²) in [5.41, 5.74) is 7.63. The molecule has 5 nitrogen and oxygen atoms in total. The van der Waals surface area contributed by atoms with Crippen LogP contribution in [0.1, 0.15) is 35.4 Å². The molecular formula is C14H16N4O. The maximum atomic E-state index is 11.5. The van der Waals surface area contributed by atoms with Crippen LogP contribution in [-0.2, 0) is 5.41 Å². The first-order chi connectivity index (χ1) is 9.18. The minimum atomic E-state index is -0.421. The van der Waals surface area contributed by atoms with E-state index in [0.29, 0.717) is 17.1 Å². The lowest BCUT2D eigenvalue weighted by Crippen LogP contribution is -2.33. The second-order valence-corrected chi connectivity index (χ2v) is 5.75. The number of nitrogens with two attached hydrogens (primary N) is 1. The second kappa shape index (κ2) is 3.57. The molecule has 2 fully saturated rings. The van der Waals surface area contributed by atoms with Gasteiger partial charge in [-0.3, -0.25) is 4.79 Å². The third kappa shape index (κ3) is 1.45. The number of aromatic amines is 1. The lowest BCUT2D eigenvalue weighted by Gasteiger charge is -2.23. The van der Waals surface area contributed by atoms with E-state index in [1.807, 2.05) is 12.1 Å². The number of carbonyl (C=O) groups excluding carboxylic acids is 1. The van der Waals surface area contributed by atoms with Gasteiger partial charge in [0.25, 0.3) is 5.91 Å². The minimum Gasteiger partial charge on any atom is -0.366 e. The fraction of sp³-hybridized carbons (Fsp3) is 0.429. The first-order valence-corrected chi connectivity index (χ1v) is 6.70. The first kappa shape index (κ1) is 11.0. The molecule has 2 aliphatic rings. The number of carbonyl (C=O) groups is 1. The molecule has 19 heavy (non-hydrogen) atoms. The highest BCUT2D eigenvalue weighted by Crippen LogP contribution is 2.44. The standard InChI is InChI=1S/C14H16N4O/c15-12(19)9-2-1-3-10-11(9)18-13(17-10)14-5-4-8(6-14)16-7-14/h1-3,8,16H,4-7H2,(H2,15,19)(H,17,18). The number of nitrogens with one attached hydrogen (secondary N) is 2. The fourth-order valence-corrected chi connectivity index (χ4v) is 3.58. The van der Waals surface area contributed by atoms with Crippen molar-refractivity contribution in [2.24, 2.45) is 5.73 Å². The van der Waals surface area contributed by atoms with E-state index < -0.39 is 5.91 Å². The number of amides is 1. The maximum absolute atomic E-state index is 11.5. The molecule has 98 valence electrons.